The maximum Gasteiger partial charge on any atom is 0.315 e. The summed E-state index contributed by atoms with van der Waals surface area (Å²) in [7, 11) is 0. The number of amides is 2. The van der Waals surface area contributed by atoms with Crippen LogP contribution in [-0.4, -0.2) is 17.1 Å². The Labute approximate surface area is 116 Å². The van der Waals surface area contributed by atoms with Gasteiger partial charge in [-0.3, -0.25) is 0 Å². The first-order valence-electron chi connectivity index (χ1n) is 6.19. The Bertz CT molecular complexity index is 537. The van der Waals surface area contributed by atoms with E-state index in [9.17, 15) is 4.79 Å². The molecule has 0 saturated heterocycles. The van der Waals surface area contributed by atoms with E-state index < -0.39 is 0 Å². The minimum Gasteiger partial charge on any atom is -0.336 e. The van der Waals surface area contributed by atoms with Gasteiger partial charge in [0.05, 0.1) is 12.2 Å². The van der Waals surface area contributed by atoms with Gasteiger partial charge in [0.2, 0.25) is 0 Å². The van der Waals surface area contributed by atoms with Crippen molar-refractivity contribution in [1.29, 1.82) is 0 Å². The Hall–Kier alpha value is -1.88. The minimum absolute atomic E-state index is 0.135. The van der Waals surface area contributed by atoms with Crippen LogP contribution < -0.4 is 10.6 Å². The molecular weight excluding hydrogens is 258 g/mol. The number of nitrogens with zero attached hydrogens (tertiary/aromatic N) is 1. The third kappa shape index (κ3) is 4.06. The Kier molecular flexibility index (Phi) is 4.52. The number of thiazole rings is 1. The highest BCUT2D eigenvalue weighted by atomic mass is 32.1. The molecule has 0 unspecified atom stereocenters. The Balaban J connectivity index is 1.93. The van der Waals surface area contributed by atoms with E-state index in [4.69, 9.17) is 0 Å². The second-order valence-corrected chi connectivity index (χ2v) is 5.42. The van der Waals surface area contributed by atoms with Gasteiger partial charge in [0, 0.05) is 17.0 Å². The average molecular weight is 275 g/mol. The topological polar surface area (TPSA) is 54.0 Å². The molecule has 0 spiro atoms. The van der Waals surface area contributed by atoms with Crippen molar-refractivity contribution >= 4 is 17.4 Å². The lowest BCUT2D eigenvalue weighted by molar-refractivity contribution is 0.238. The van der Waals surface area contributed by atoms with E-state index in [0.29, 0.717) is 6.54 Å². The third-order valence-electron chi connectivity index (χ3n) is 2.44. The summed E-state index contributed by atoms with van der Waals surface area (Å²) in [6.45, 7) is 4.31. The highest BCUT2D eigenvalue weighted by Crippen LogP contribution is 2.21. The molecule has 100 valence electrons. The number of hydrogen-bond acceptors (Lipinski definition) is 3. The quantitative estimate of drug-likeness (QED) is 0.901. The lowest BCUT2D eigenvalue weighted by atomic mass is 10.2. The van der Waals surface area contributed by atoms with Crippen LogP contribution in [0.2, 0.25) is 0 Å². The highest BCUT2D eigenvalue weighted by Gasteiger charge is 2.06. The van der Waals surface area contributed by atoms with Crippen LogP contribution in [0, 0.1) is 0 Å². The number of carbonyl (C=O) groups is 1. The number of urea groups is 1. The normalized spacial score (nSPS) is 10.5. The molecule has 2 aromatic rings. The van der Waals surface area contributed by atoms with E-state index >= 15 is 0 Å². The molecule has 2 rings (SSSR count). The Morgan fingerprint density at radius 2 is 2.05 bits per heavy atom. The lowest BCUT2D eigenvalue weighted by Crippen LogP contribution is -2.38. The maximum absolute atomic E-state index is 11.5. The second-order valence-electron chi connectivity index (χ2n) is 4.47. The first kappa shape index (κ1) is 13.5. The zero-order chi connectivity index (χ0) is 13.7. The zero-order valence-corrected chi connectivity index (χ0v) is 11.8. The second kappa shape index (κ2) is 6.33. The summed E-state index contributed by atoms with van der Waals surface area (Å²) >= 11 is 1.55. The van der Waals surface area contributed by atoms with Gasteiger partial charge in [0.1, 0.15) is 5.01 Å². The summed E-state index contributed by atoms with van der Waals surface area (Å²) in [5, 5.41) is 8.48. The van der Waals surface area contributed by atoms with Gasteiger partial charge in [-0.15, -0.1) is 11.3 Å². The minimum atomic E-state index is -0.161. The molecule has 0 aliphatic heterocycles. The highest BCUT2D eigenvalue weighted by molar-refractivity contribution is 7.09. The van der Waals surface area contributed by atoms with Crippen LogP contribution in [-0.2, 0) is 6.54 Å². The van der Waals surface area contributed by atoms with Gasteiger partial charge in [-0.1, -0.05) is 30.3 Å². The third-order valence-corrected chi connectivity index (χ3v) is 3.29. The van der Waals surface area contributed by atoms with Gasteiger partial charge in [-0.05, 0) is 13.8 Å². The smallest absolute Gasteiger partial charge is 0.315 e. The van der Waals surface area contributed by atoms with Crippen molar-refractivity contribution in [3.05, 3.63) is 40.7 Å². The predicted octanol–water partition coefficient (Wildman–Crippen LogP) is 3.02. The predicted molar refractivity (Wildman–Crippen MR) is 78.1 cm³/mol. The molecule has 19 heavy (non-hydrogen) atoms. The molecule has 0 atom stereocenters. The number of aromatic nitrogens is 1. The van der Waals surface area contributed by atoms with E-state index in [2.05, 4.69) is 15.6 Å². The Morgan fingerprint density at radius 3 is 2.74 bits per heavy atom. The molecule has 0 aliphatic carbocycles. The number of rotatable bonds is 4. The number of hydrogen-bond donors (Lipinski definition) is 2. The maximum atomic E-state index is 11.5. The van der Waals surface area contributed by atoms with Crippen molar-refractivity contribution in [2.24, 2.45) is 0 Å². The van der Waals surface area contributed by atoms with Gasteiger partial charge >= 0.3 is 6.03 Å². The van der Waals surface area contributed by atoms with Gasteiger partial charge in [0.25, 0.3) is 0 Å². The van der Waals surface area contributed by atoms with Crippen molar-refractivity contribution in [3.8, 4) is 11.3 Å². The van der Waals surface area contributed by atoms with Crippen LogP contribution in [0.25, 0.3) is 11.3 Å². The van der Waals surface area contributed by atoms with Crippen LogP contribution in [0.4, 0.5) is 4.79 Å². The fraction of sp³-hybridized carbons (Fsp3) is 0.286. The van der Waals surface area contributed by atoms with Crippen molar-refractivity contribution in [2.45, 2.75) is 26.4 Å². The summed E-state index contributed by atoms with van der Waals surface area (Å²) in [5.41, 5.74) is 2.04. The molecule has 0 bridgehead atoms. The summed E-state index contributed by atoms with van der Waals surface area (Å²) in [6, 6.07) is 9.98. The molecular formula is C14H17N3OS. The monoisotopic (exact) mass is 275 g/mol. The van der Waals surface area contributed by atoms with Gasteiger partial charge < -0.3 is 10.6 Å². The molecule has 1 heterocycles. The van der Waals surface area contributed by atoms with E-state index in [1.165, 1.54) is 0 Å². The van der Waals surface area contributed by atoms with Crippen LogP contribution in [0.5, 0.6) is 0 Å². The average Bonchev–Trinajstić information content (AvgIpc) is 2.85. The Morgan fingerprint density at radius 1 is 1.32 bits per heavy atom. The first-order valence-corrected chi connectivity index (χ1v) is 7.07. The molecule has 1 aromatic carbocycles. The van der Waals surface area contributed by atoms with Gasteiger partial charge in [-0.2, -0.15) is 0 Å². The molecule has 0 fully saturated rings. The van der Waals surface area contributed by atoms with Crippen molar-refractivity contribution in [3.63, 3.8) is 0 Å². The zero-order valence-electron chi connectivity index (χ0n) is 11.0. The number of carbonyl (C=O) groups excluding carboxylic acids is 1. The van der Waals surface area contributed by atoms with E-state index in [1.54, 1.807) is 11.3 Å². The standard InChI is InChI=1S/C14H17N3OS/c1-10(2)16-14(18)15-8-13-17-12(9-19-13)11-6-4-3-5-7-11/h3-7,9-10H,8H2,1-2H3,(H2,15,16,18). The molecule has 1 aromatic heterocycles. The molecule has 0 saturated carbocycles. The van der Waals surface area contributed by atoms with Crippen molar-refractivity contribution in [1.82, 2.24) is 15.6 Å². The first-order chi connectivity index (χ1) is 9.15. The van der Waals surface area contributed by atoms with Crippen molar-refractivity contribution in [2.75, 3.05) is 0 Å². The molecule has 0 radical (unpaired) electrons. The lowest BCUT2D eigenvalue weighted by Gasteiger charge is -2.08. The molecule has 4 nitrogen and oxygen atoms in total. The van der Waals surface area contributed by atoms with E-state index in [-0.39, 0.29) is 12.1 Å². The van der Waals surface area contributed by atoms with Crippen LogP contribution in [0.15, 0.2) is 35.7 Å². The number of benzene rings is 1. The van der Waals surface area contributed by atoms with Crippen LogP contribution in [0.3, 0.4) is 0 Å². The molecule has 5 heteroatoms. The van der Waals surface area contributed by atoms with Gasteiger partial charge in [0.15, 0.2) is 0 Å². The fourth-order valence-electron chi connectivity index (χ4n) is 1.60. The molecule has 2 N–H and O–H groups in total. The SMILES string of the molecule is CC(C)NC(=O)NCc1nc(-c2ccccc2)cs1. The summed E-state index contributed by atoms with van der Waals surface area (Å²) in [5.74, 6) is 0. The van der Waals surface area contributed by atoms with Gasteiger partial charge in [-0.25, -0.2) is 9.78 Å². The van der Waals surface area contributed by atoms with Crippen LogP contribution >= 0.6 is 11.3 Å². The molecule has 2 amide bonds. The van der Waals surface area contributed by atoms with E-state index in [0.717, 1.165) is 16.3 Å². The van der Waals surface area contributed by atoms with Crippen LogP contribution in [0.1, 0.15) is 18.9 Å². The largest absolute Gasteiger partial charge is 0.336 e. The summed E-state index contributed by atoms with van der Waals surface area (Å²) in [6.07, 6.45) is 0. The molecule has 0 aliphatic rings. The van der Waals surface area contributed by atoms with Crippen molar-refractivity contribution < 1.29 is 4.79 Å². The number of nitrogens with one attached hydrogen (secondary N) is 2. The summed E-state index contributed by atoms with van der Waals surface area (Å²) < 4.78 is 0. The fourth-order valence-corrected chi connectivity index (χ4v) is 2.35. The van der Waals surface area contributed by atoms with E-state index in [1.807, 2.05) is 49.6 Å². The summed E-state index contributed by atoms with van der Waals surface area (Å²) in [4.78, 5) is 16.0.